The molecule has 102 valence electrons. The normalized spacial score (nSPS) is 31.6. The largest absolute Gasteiger partial charge is 0.396 e. The number of nitrogens with zero attached hydrogens (tertiary/aromatic N) is 1. The van der Waals surface area contributed by atoms with E-state index in [9.17, 15) is 4.79 Å². The van der Waals surface area contributed by atoms with Crippen molar-refractivity contribution in [2.24, 2.45) is 17.3 Å². The summed E-state index contributed by atoms with van der Waals surface area (Å²) in [6.45, 7) is 4.15. The Morgan fingerprint density at radius 1 is 1.28 bits per heavy atom. The number of aliphatic hydroxyl groups is 1. The monoisotopic (exact) mass is 252 g/mol. The van der Waals surface area contributed by atoms with Crippen molar-refractivity contribution in [2.45, 2.75) is 32.1 Å². The van der Waals surface area contributed by atoms with Crippen molar-refractivity contribution in [3.8, 4) is 0 Å². The number of hydrogen-bond donors (Lipinski definition) is 2. The van der Waals surface area contributed by atoms with Crippen LogP contribution in [0.2, 0.25) is 0 Å². The number of carbonyl (C=O) groups excluding carboxylic acids is 1. The van der Waals surface area contributed by atoms with Gasteiger partial charge in [-0.05, 0) is 56.5 Å². The molecule has 2 aliphatic heterocycles. The van der Waals surface area contributed by atoms with E-state index in [2.05, 4.69) is 5.32 Å². The van der Waals surface area contributed by atoms with Gasteiger partial charge in [-0.25, -0.2) is 0 Å². The first-order valence-corrected chi connectivity index (χ1v) is 7.35. The summed E-state index contributed by atoms with van der Waals surface area (Å²) in [5, 5.41) is 12.5. The number of likely N-dealkylation sites (tertiary alicyclic amines) is 1. The molecule has 1 unspecified atom stereocenters. The highest BCUT2D eigenvalue weighted by atomic mass is 16.3. The molecule has 0 aromatic carbocycles. The number of rotatable bonds is 2. The lowest BCUT2D eigenvalue weighted by Gasteiger charge is -2.32. The van der Waals surface area contributed by atoms with E-state index in [1.807, 2.05) is 4.90 Å². The standard InChI is InChI=1S/C14H24N2O2/c17-10-11-1-7-16(8-2-11)13(18)12-9-14(12)3-5-15-6-4-14/h11-12,15,17H,1-10H2. The molecular formula is C14H24N2O2. The molecule has 4 heteroatoms. The predicted molar refractivity (Wildman–Crippen MR) is 69.0 cm³/mol. The third-order valence-electron chi connectivity index (χ3n) is 5.27. The molecule has 3 aliphatic rings. The van der Waals surface area contributed by atoms with Crippen molar-refractivity contribution in [2.75, 3.05) is 32.8 Å². The second-order valence-corrected chi connectivity index (χ2v) is 6.32. The van der Waals surface area contributed by atoms with E-state index in [1.54, 1.807) is 0 Å². The smallest absolute Gasteiger partial charge is 0.226 e. The Balaban J connectivity index is 1.54. The first-order chi connectivity index (χ1) is 8.75. The number of amides is 1. The van der Waals surface area contributed by atoms with Gasteiger partial charge in [0.25, 0.3) is 0 Å². The molecule has 1 saturated carbocycles. The van der Waals surface area contributed by atoms with E-state index in [0.29, 0.717) is 23.2 Å². The van der Waals surface area contributed by atoms with E-state index < -0.39 is 0 Å². The van der Waals surface area contributed by atoms with E-state index in [1.165, 1.54) is 12.8 Å². The average Bonchev–Trinajstić information content (AvgIpc) is 3.12. The molecule has 3 rings (SSSR count). The average molecular weight is 252 g/mol. The Kier molecular flexibility index (Phi) is 3.32. The Morgan fingerprint density at radius 2 is 1.94 bits per heavy atom. The van der Waals surface area contributed by atoms with Crippen LogP contribution in [0.1, 0.15) is 32.1 Å². The summed E-state index contributed by atoms with van der Waals surface area (Å²) in [6, 6.07) is 0. The maximum Gasteiger partial charge on any atom is 0.226 e. The first-order valence-electron chi connectivity index (χ1n) is 7.35. The van der Waals surface area contributed by atoms with Crippen LogP contribution < -0.4 is 5.32 Å². The molecular weight excluding hydrogens is 228 g/mol. The molecule has 1 amide bonds. The summed E-state index contributed by atoms with van der Waals surface area (Å²) in [5.41, 5.74) is 0.357. The number of aliphatic hydroxyl groups excluding tert-OH is 1. The molecule has 1 aliphatic carbocycles. The topological polar surface area (TPSA) is 52.6 Å². The number of hydrogen-bond acceptors (Lipinski definition) is 3. The van der Waals surface area contributed by atoms with Crippen LogP contribution in [0.3, 0.4) is 0 Å². The van der Waals surface area contributed by atoms with Gasteiger partial charge in [-0.1, -0.05) is 0 Å². The minimum Gasteiger partial charge on any atom is -0.396 e. The van der Waals surface area contributed by atoms with Gasteiger partial charge in [0.1, 0.15) is 0 Å². The van der Waals surface area contributed by atoms with Gasteiger partial charge >= 0.3 is 0 Å². The number of carbonyl (C=O) groups is 1. The molecule has 0 aromatic rings. The van der Waals surface area contributed by atoms with E-state index >= 15 is 0 Å². The SMILES string of the molecule is O=C(C1CC12CCNCC2)N1CCC(CO)CC1. The Labute approximate surface area is 109 Å². The Bertz CT molecular complexity index is 318. The fourth-order valence-corrected chi connectivity index (χ4v) is 3.73. The van der Waals surface area contributed by atoms with Crippen LogP contribution in [0.15, 0.2) is 0 Å². The molecule has 0 aromatic heterocycles. The van der Waals surface area contributed by atoms with Crippen LogP contribution in [0.4, 0.5) is 0 Å². The predicted octanol–water partition coefficient (Wildman–Crippen LogP) is 0.607. The van der Waals surface area contributed by atoms with Gasteiger partial charge < -0.3 is 15.3 Å². The molecule has 0 radical (unpaired) electrons. The van der Waals surface area contributed by atoms with Crippen LogP contribution >= 0.6 is 0 Å². The van der Waals surface area contributed by atoms with Gasteiger partial charge in [-0.15, -0.1) is 0 Å². The van der Waals surface area contributed by atoms with Crippen LogP contribution in [-0.4, -0.2) is 48.7 Å². The first kappa shape index (κ1) is 12.4. The lowest BCUT2D eigenvalue weighted by molar-refractivity contribution is -0.135. The highest BCUT2D eigenvalue weighted by Gasteiger charge is 2.58. The molecule has 2 heterocycles. The van der Waals surface area contributed by atoms with Crippen molar-refractivity contribution >= 4 is 5.91 Å². The summed E-state index contributed by atoms with van der Waals surface area (Å²) in [5.74, 6) is 1.12. The zero-order valence-electron chi connectivity index (χ0n) is 11.0. The Hall–Kier alpha value is -0.610. The zero-order chi connectivity index (χ0) is 12.6. The fraction of sp³-hybridized carbons (Fsp3) is 0.929. The molecule has 0 bridgehead atoms. The molecule has 3 fully saturated rings. The van der Waals surface area contributed by atoms with E-state index in [-0.39, 0.29) is 6.61 Å². The van der Waals surface area contributed by atoms with Crippen LogP contribution in [0.25, 0.3) is 0 Å². The Morgan fingerprint density at radius 3 is 2.56 bits per heavy atom. The van der Waals surface area contributed by atoms with Gasteiger partial charge in [0, 0.05) is 25.6 Å². The van der Waals surface area contributed by atoms with Gasteiger partial charge in [-0.3, -0.25) is 4.79 Å². The second kappa shape index (κ2) is 4.82. The molecule has 2 N–H and O–H groups in total. The van der Waals surface area contributed by atoms with Crippen molar-refractivity contribution in [3.05, 3.63) is 0 Å². The van der Waals surface area contributed by atoms with Crippen molar-refractivity contribution in [1.29, 1.82) is 0 Å². The second-order valence-electron chi connectivity index (χ2n) is 6.32. The molecule has 1 atom stereocenters. The van der Waals surface area contributed by atoms with Crippen LogP contribution in [0.5, 0.6) is 0 Å². The molecule has 2 saturated heterocycles. The van der Waals surface area contributed by atoms with Crippen LogP contribution in [-0.2, 0) is 4.79 Å². The fourth-order valence-electron chi connectivity index (χ4n) is 3.73. The third-order valence-corrected chi connectivity index (χ3v) is 5.27. The minimum absolute atomic E-state index is 0.279. The van der Waals surface area contributed by atoms with Gasteiger partial charge in [0.05, 0.1) is 0 Å². The van der Waals surface area contributed by atoms with Crippen LogP contribution in [0, 0.1) is 17.3 Å². The van der Waals surface area contributed by atoms with E-state index in [0.717, 1.165) is 45.4 Å². The van der Waals surface area contributed by atoms with E-state index in [4.69, 9.17) is 5.11 Å². The quantitative estimate of drug-likeness (QED) is 0.757. The number of piperidine rings is 2. The molecule has 18 heavy (non-hydrogen) atoms. The van der Waals surface area contributed by atoms with Crippen molar-refractivity contribution in [3.63, 3.8) is 0 Å². The highest BCUT2D eigenvalue weighted by molar-refractivity contribution is 5.82. The summed E-state index contributed by atoms with van der Waals surface area (Å²) >= 11 is 0. The molecule has 4 nitrogen and oxygen atoms in total. The maximum absolute atomic E-state index is 12.5. The van der Waals surface area contributed by atoms with Gasteiger partial charge in [0.2, 0.25) is 5.91 Å². The zero-order valence-corrected chi connectivity index (χ0v) is 11.0. The number of nitrogens with one attached hydrogen (secondary N) is 1. The van der Waals surface area contributed by atoms with Crippen molar-refractivity contribution < 1.29 is 9.90 Å². The lowest BCUT2D eigenvalue weighted by atomic mass is 9.91. The summed E-state index contributed by atoms with van der Waals surface area (Å²) < 4.78 is 0. The third kappa shape index (κ3) is 2.16. The summed E-state index contributed by atoms with van der Waals surface area (Å²) in [7, 11) is 0. The summed E-state index contributed by atoms with van der Waals surface area (Å²) in [6.07, 6.45) is 5.42. The summed E-state index contributed by atoms with van der Waals surface area (Å²) in [4.78, 5) is 14.5. The lowest BCUT2D eigenvalue weighted by Crippen LogP contribution is -2.41. The highest BCUT2D eigenvalue weighted by Crippen LogP contribution is 2.59. The molecule has 1 spiro atoms. The van der Waals surface area contributed by atoms with Crippen molar-refractivity contribution in [1.82, 2.24) is 10.2 Å². The minimum atomic E-state index is 0.279. The van der Waals surface area contributed by atoms with Gasteiger partial charge in [0.15, 0.2) is 0 Å². The maximum atomic E-state index is 12.5. The van der Waals surface area contributed by atoms with Gasteiger partial charge in [-0.2, -0.15) is 0 Å².